The first-order valence-corrected chi connectivity index (χ1v) is 6.26. The lowest BCUT2D eigenvalue weighted by Gasteiger charge is -2.20. The number of halogens is 2. The summed E-state index contributed by atoms with van der Waals surface area (Å²) >= 11 is 9.73. The Morgan fingerprint density at radius 2 is 2.07 bits per heavy atom. The van der Waals surface area contributed by atoms with Gasteiger partial charge in [-0.15, -0.1) is 0 Å². The highest BCUT2D eigenvalue weighted by Crippen LogP contribution is 2.64. The van der Waals surface area contributed by atoms with Gasteiger partial charge in [0.25, 0.3) is 0 Å². The third-order valence-electron chi connectivity index (χ3n) is 3.71. The Balaban J connectivity index is 2.50. The van der Waals surface area contributed by atoms with Gasteiger partial charge in [-0.05, 0) is 35.6 Å². The van der Waals surface area contributed by atoms with Gasteiger partial charge in [0, 0.05) is 21.5 Å². The minimum atomic E-state index is 0.0772. The zero-order valence-electron chi connectivity index (χ0n) is 8.98. The Labute approximate surface area is 104 Å². The molecule has 1 saturated carbocycles. The van der Waals surface area contributed by atoms with Crippen LogP contribution in [0.15, 0.2) is 22.7 Å². The summed E-state index contributed by atoms with van der Waals surface area (Å²) in [5.74, 6) is 0. The molecule has 1 aliphatic carbocycles. The first kappa shape index (κ1) is 11.4. The number of hydrogen-bond acceptors (Lipinski definition) is 1. The Morgan fingerprint density at radius 1 is 1.47 bits per heavy atom. The van der Waals surface area contributed by atoms with Gasteiger partial charge in [-0.1, -0.05) is 41.4 Å². The molecule has 1 nitrogen and oxygen atoms in total. The molecule has 0 radical (unpaired) electrons. The summed E-state index contributed by atoms with van der Waals surface area (Å²) in [6, 6.07) is 6.00. The average Bonchev–Trinajstić information content (AvgIpc) is 2.74. The van der Waals surface area contributed by atoms with Crippen LogP contribution in [0.3, 0.4) is 0 Å². The highest BCUT2D eigenvalue weighted by atomic mass is 79.9. The Hall–Kier alpha value is -0.0500. The molecular formula is C12H15BrClN. The molecule has 15 heavy (non-hydrogen) atoms. The van der Waals surface area contributed by atoms with Crippen LogP contribution < -0.4 is 5.73 Å². The predicted molar refractivity (Wildman–Crippen MR) is 68.3 cm³/mol. The van der Waals surface area contributed by atoms with E-state index in [-0.39, 0.29) is 10.8 Å². The first-order chi connectivity index (χ1) is 6.93. The van der Waals surface area contributed by atoms with Crippen molar-refractivity contribution in [3.63, 3.8) is 0 Å². The van der Waals surface area contributed by atoms with E-state index in [0.29, 0.717) is 6.54 Å². The van der Waals surface area contributed by atoms with E-state index in [2.05, 4.69) is 35.8 Å². The fraction of sp³-hybridized carbons (Fsp3) is 0.500. The average molecular weight is 289 g/mol. The van der Waals surface area contributed by atoms with Crippen molar-refractivity contribution in [1.82, 2.24) is 0 Å². The van der Waals surface area contributed by atoms with Crippen molar-refractivity contribution in [3.8, 4) is 0 Å². The van der Waals surface area contributed by atoms with Crippen LogP contribution in [0.4, 0.5) is 0 Å². The van der Waals surface area contributed by atoms with Crippen LogP contribution in [0.1, 0.15) is 25.8 Å². The molecular weight excluding hydrogens is 273 g/mol. The molecule has 0 spiro atoms. The van der Waals surface area contributed by atoms with Gasteiger partial charge in [-0.25, -0.2) is 0 Å². The molecule has 0 heterocycles. The Kier molecular flexibility index (Phi) is 2.65. The van der Waals surface area contributed by atoms with Crippen molar-refractivity contribution in [2.45, 2.75) is 25.7 Å². The zero-order chi connectivity index (χ0) is 11.3. The lowest BCUT2D eigenvalue weighted by Crippen LogP contribution is -2.25. The van der Waals surface area contributed by atoms with Crippen molar-refractivity contribution in [1.29, 1.82) is 0 Å². The van der Waals surface area contributed by atoms with Gasteiger partial charge in [-0.2, -0.15) is 0 Å². The Morgan fingerprint density at radius 3 is 2.53 bits per heavy atom. The minimum Gasteiger partial charge on any atom is -0.330 e. The maximum atomic E-state index is 6.25. The molecule has 2 N–H and O–H groups in total. The van der Waals surface area contributed by atoms with Crippen LogP contribution in [0.2, 0.25) is 5.02 Å². The second-order valence-corrected chi connectivity index (χ2v) is 6.29. The summed E-state index contributed by atoms with van der Waals surface area (Å²) in [7, 11) is 0. The van der Waals surface area contributed by atoms with E-state index in [4.69, 9.17) is 17.3 Å². The highest BCUT2D eigenvalue weighted by molar-refractivity contribution is 9.10. The van der Waals surface area contributed by atoms with Crippen LogP contribution >= 0.6 is 27.5 Å². The number of nitrogens with two attached hydrogens (primary N) is 1. The van der Waals surface area contributed by atoms with Crippen molar-refractivity contribution in [3.05, 3.63) is 33.3 Å². The summed E-state index contributed by atoms with van der Waals surface area (Å²) in [5, 5.41) is 0.828. The summed E-state index contributed by atoms with van der Waals surface area (Å²) < 4.78 is 1.07. The van der Waals surface area contributed by atoms with Crippen LogP contribution in [-0.4, -0.2) is 6.54 Å². The molecule has 1 aromatic carbocycles. The highest BCUT2D eigenvalue weighted by Gasteiger charge is 2.61. The number of hydrogen-bond donors (Lipinski definition) is 1. The lowest BCUT2D eigenvalue weighted by atomic mass is 9.88. The molecule has 1 atom stereocenters. The summed E-state index contributed by atoms with van der Waals surface area (Å²) in [4.78, 5) is 0. The largest absolute Gasteiger partial charge is 0.330 e. The van der Waals surface area contributed by atoms with E-state index < -0.39 is 0 Å². The van der Waals surface area contributed by atoms with Crippen molar-refractivity contribution in [2.24, 2.45) is 11.1 Å². The first-order valence-electron chi connectivity index (χ1n) is 5.08. The second kappa shape index (κ2) is 3.47. The zero-order valence-corrected chi connectivity index (χ0v) is 11.3. The van der Waals surface area contributed by atoms with Gasteiger partial charge in [-0.3, -0.25) is 0 Å². The van der Waals surface area contributed by atoms with Crippen molar-refractivity contribution < 1.29 is 0 Å². The van der Waals surface area contributed by atoms with Crippen LogP contribution in [-0.2, 0) is 5.41 Å². The predicted octanol–water partition coefficient (Wildman–Crippen LogP) is 3.73. The van der Waals surface area contributed by atoms with Gasteiger partial charge < -0.3 is 5.73 Å². The molecule has 0 amide bonds. The summed E-state index contributed by atoms with van der Waals surface area (Å²) in [5.41, 5.74) is 7.45. The SMILES string of the molecule is CC1(C)CC1(CN)c1cc(Br)ccc1Cl. The number of benzene rings is 1. The van der Waals surface area contributed by atoms with E-state index in [9.17, 15) is 0 Å². The third kappa shape index (κ3) is 1.63. The second-order valence-electron chi connectivity index (χ2n) is 4.97. The fourth-order valence-electron chi connectivity index (χ4n) is 2.49. The van der Waals surface area contributed by atoms with Crippen LogP contribution in [0.5, 0.6) is 0 Å². The quantitative estimate of drug-likeness (QED) is 0.882. The van der Waals surface area contributed by atoms with Crippen LogP contribution in [0, 0.1) is 5.41 Å². The van der Waals surface area contributed by atoms with Gasteiger partial charge >= 0.3 is 0 Å². The van der Waals surface area contributed by atoms with E-state index in [0.717, 1.165) is 15.9 Å². The minimum absolute atomic E-state index is 0.0772. The molecule has 1 unspecified atom stereocenters. The maximum Gasteiger partial charge on any atom is 0.0445 e. The normalized spacial score (nSPS) is 27.8. The molecule has 1 fully saturated rings. The topological polar surface area (TPSA) is 26.0 Å². The smallest absolute Gasteiger partial charge is 0.0445 e. The standard InChI is InChI=1S/C12H15BrClN/c1-11(2)6-12(11,7-15)9-5-8(13)3-4-10(9)14/h3-5H,6-7,15H2,1-2H3. The molecule has 2 rings (SSSR count). The third-order valence-corrected chi connectivity index (χ3v) is 4.53. The molecule has 0 aromatic heterocycles. The van der Waals surface area contributed by atoms with E-state index in [1.807, 2.05) is 12.1 Å². The van der Waals surface area contributed by atoms with E-state index in [1.54, 1.807) is 0 Å². The molecule has 0 aliphatic heterocycles. The molecule has 3 heteroatoms. The van der Waals surface area contributed by atoms with Crippen LogP contribution in [0.25, 0.3) is 0 Å². The van der Waals surface area contributed by atoms with Gasteiger partial charge in [0.2, 0.25) is 0 Å². The summed E-state index contributed by atoms with van der Waals surface area (Å²) in [6.45, 7) is 5.16. The maximum absolute atomic E-state index is 6.25. The molecule has 0 saturated heterocycles. The molecule has 1 aromatic rings. The van der Waals surface area contributed by atoms with Crippen molar-refractivity contribution in [2.75, 3.05) is 6.54 Å². The van der Waals surface area contributed by atoms with Gasteiger partial charge in [0.05, 0.1) is 0 Å². The van der Waals surface area contributed by atoms with Gasteiger partial charge in [0.1, 0.15) is 0 Å². The molecule has 82 valence electrons. The molecule has 1 aliphatic rings. The summed E-state index contributed by atoms with van der Waals surface area (Å²) in [6.07, 6.45) is 1.12. The number of rotatable bonds is 2. The molecule has 0 bridgehead atoms. The van der Waals surface area contributed by atoms with Crippen molar-refractivity contribution >= 4 is 27.5 Å². The lowest BCUT2D eigenvalue weighted by molar-refractivity contribution is 0.503. The van der Waals surface area contributed by atoms with E-state index >= 15 is 0 Å². The monoisotopic (exact) mass is 287 g/mol. The van der Waals surface area contributed by atoms with E-state index in [1.165, 1.54) is 5.56 Å². The van der Waals surface area contributed by atoms with Gasteiger partial charge in [0.15, 0.2) is 0 Å². The fourth-order valence-corrected chi connectivity index (χ4v) is 3.15. The Bertz CT molecular complexity index is 403.